The van der Waals surface area contributed by atoms with E-state index in [1.165, 1.54) is 12.1 Å². The summed E-state index contributed by atoms with van der Waals surface area (Å²) in [5.74, 6) is 0.938. The molecule has 14 heteroatoms. The van der Waals surface area contributed by atoms with Crippen LogP contribution in [-0.2, 0) is 4.79 Å². The van der Waals surface area contributed by atoms with Crippen LogP contribution in [0.15, 0.2) is 52.4 Å². The van der Waals surface area contributed by atoms with E-state index in [1.54, 1.807) is 4.90 Å². The van der Waals surface area contributed by atoms with Gasteiger partial charge in [0.25, 0.3) is 0 Å². The van der Waals surface area contributed by atoms with Crippen LogP contribution in [0.1, 0.15) is 55.8 Å². The van der Waals surface area contributed by atoms with Crippen molar-refractivity contribution in [3.63, 3.8) is 0 Å². The van der Waals surface area contributed by atoms with E-state index in [0.29, 0.717) is 73.4 Å². The molecule has 2 fully saturated rings. The molecule has 0 unspecified atom stereocenters. The lowest BCUT2D eigenvalue weighted by molar-refractivity contribution is -0.122. The van der Waals surface area contributed by atoms with Crippen molar-refractivity contribution in [3.05, 3.63) is 63.8 Å². The van der Waals surface area contributed by atoms with Crippen LogP contribution < -0.4 is 21.7 Å². The molecule has 1 aliphatic heterocycles. The Labute approximate surface area is 277 Å². The first kappa shape index (κ1) is 32.8. The van der Waals surface area contributed by atoms with Crippen LogP contribution in [0.3, 0.4) is 0 Å². The van der Waals surface area contributed by atoms with Crippen LogP contribution in [0.5, 0.6) is 0 Å². The van der Waals surface area contributed by atoms with E-state index in [4.69, 9.17) is 38.9 Å². The number of piperidine rings is 1. The number of benzene rings is 2. The Morgan fingerprint density at radius 1 is 1.09 bits per heavy atom. The summed E-state index contributed by atoms with van der Waals surface area (Å²) < 4.78 is 2.01. The number of aryl methyl sites for hydroxylation is 1. The molecule has 0 radical (unpaired) electrons. The summed E-state index contributed by atoms with van der Waals surface area (Å²) in [4.78, 5) is 40.5. The number of carbonyl (C=O) groups excluding carboxylic acids is 2. The van der Waals surface area contributed by atoms with Crippen LogP contribution in [-0.4, -0.2) is 58.2 Å². The lowest BCUT2D eigenvalue weighted by atomic mass is 9.85. The second-order valence-corrected chi connectivity index (χ2v) is 12.3. The molecule has 0 spiro atoms. The molecule has 1 atom stereocenters. The van der Waals surface area contributed by atoms with Crippen LogP contribution >= 0.6 is 23.2 Å². The topological polar surface area (TPSA) is 166 Å². The zero-order valence-corrected chi connectivity index (χ0v) is 27.0. The molecule has 2 aliphatic rings. The van der Waals surface area contributed by atoms with Gasteiger partial charge in [-0.2, -0.15) is 5.26 Å². The molecule has 3 amide bonds. The van der Waals surface area contributed by atoms with Crippen LogP contribution in [0.2, 0.25) is 10.0 Å². The van der Waals surface area contributed by atoms with E-state index in [-0.39, 0.29) is 40.0 Å². The molecule has 46 heavy (non-hydrogen) atoms. The highest BCUT2D eigenvalue weighted by Gasteiger charge is 2.31. The number of hydrogen-bond donors (Lipinski definition) is 4. The Morgan fingerprint density at radius 3 is 2.41 bits per heavy atom. The number of urea groups is 1. The highest BCUT2D eigenvalue weighted by molar-refractivity contribution is 6.39. The first-order chi connectivity index (χ1) is 22.2. The Kier molecular flexibility index (Phi) is 10.4. The Morgan fingerprint density at radius 2 is 1.78 bits per heavy atom. The van der Waals surface area contributed by atoms with E-state index < -0.39 is 0 Å². The number of imidazole rings is 1. The minimum absolute atomic E-state index is 0.0457. The smallest absolute Gasteiger partial charge is 0.321 e. The molecule has 1 aromatic heterocycles. The minimum Gasteiger partial charge on any atom is -0.369 e. The Bertz CT molecular complexity index is 1650. The van der Waals surface area contributed by atoms with Crippen molar-refractivity contribution < 1.29 is 9.59 Å². The number of aromatic nitrogens is 2. The van der Waals surface area contributed by atoms with Gasteiger partial charge in [-0.1, -0.05) is 41.4 Å². The summed E-state index contributed by atoms with van der Waals surface area (Å²) >= 11 is 13.0. The van der Waals surface area contributed by atoms with Gasteiger partial charge in [0.15, 0.2) is 0 Å². The molecule has 5 N–H and O–H groups in total. The summed E-state index contributed by atoms with van der Waals surface area (Å²) in [5, 5.41) is 19.4. The largest absolute Gasteiger partial charge is 0.369 e. The fraction of sp³-hybridized carbons (Fsp3) is 0.375. The number of carbonyl (C=O) groups is 2. The van der Waals surface area contributed by atoms with Crippen molar-refractivity contribution >= 4 is 71.0 Å². The third-order valence-corrected chi connectivity index (χ3v) is 8.95. The van der Waals surface area contributed by atoms with Gasteiger partial charge in [0.2, 0.25) is 17.8 Å². The first-order valence-corrected chi connectivity index (χ1v) is 15.9. The number of nitriles is 1. The SMILES string of the molecule is C=NC(=N[C@@H]1CCCN(C(=O)Nc2ccccc2)C1)Nc1c(C)nc(Nc2c(Cl)cc(C#N)cc2Cl)n1C1CCC(C(N)=O)CC1. The number of rotatable bonds is 7. The monoisotopic (exact) mass is 662 g/mol. The van der Waals surface area contributed by atoms with Gasteiger partial charge < -0.3 is 26.6 Å². The maximum Gasteiger partial charge on any atom is 0.321 e. The Balaban J connectivity index is 1.41. The van der Waals surface area contributed by atoms with Gasteiger partial charge in [0.05, 0.1) is 39.1 Å². The number of likely N-dealkylation sites (tertiary alicyclic amines) is 1. The average molecular weight is 664 g/mol. The second kappa shape index (κ2) is 14.7. The van der Waals surface area contributed by atoms with Crippen molar-refractivity contribution in [2.24, 2.45) is 21.6 Å². The van der Waals surface area contributed by atoms with E-state index in [0.717, 1.165) is 18.5 Å². The molecule has 1 saturated carbocycles. The zero-order valence-electron chi connectivity index (χ0n) is 25.5. The van der Waals surface area contributed by atoms with E-state index in [2.05, 4.69) is 33.7 Å². The van der Waals surface area contributed by atoms with Gasteiger partial charge in [-0.05, 0) is 76.4 Å². The number of halogens is 2. The minimum atomic E-state index is -0.294. The maximum atomic E-state index is 13.0. The normalized spacial score (nSPS) is 20.0. The van der Waals surface area contributed by atoms with E-state index in [1.807, 2.05) is 41.8 Å². The highest BCUT2D eigenvalue weighted by Crippen LogP contribution is 2.40. The lowest BCUT2D eigenvalue weighted by Gasteiger charge is -2.31. The summed E-state index contributed by atoms with van der Waals surface area (Å²) in [6.45, 7) is 6.67. The maximum absolute atomic E-state index is 13.0. The average Bonchev–Trinajstić information content (AvgIpc) is 3.36. The number of hydrogen-bond acceptors (Lipinski definition) is 6. The number of aliphatic imine (C=N–C) groups is 2. The molecule has 240 valence electrons. The predicted octanol–water partition coefficient (Wildman–Crippen LogP) is 6.50. The number of primary amides is 1. The number of amides is 3. The van der Waals surface area contributed by atoms with Crippen molar-refractivity contribution in [3.8, 4) is 6.07 Å². The zero-order chi connectivity index (χ0) is 32.8. The number of nitrogens with zero attached hydrogens (tertiary/aromatic N) is 6. The first-order valence-electron chi connectivity index (χ1n) is 15.1. The molecule has 0 bridgehead atoms. The molecule has 12 nitrogen and oxygen atoms in total. The molecule has 2 heterocycles. The lowest BCUT2D eigenvalue weighted by Crippen LogP contribution is -2.44. The summed E-state index contributed by atoms with van der Waals surface area (Å²) in [6.07, 6.45) is 4.22. The molecule has 3 aromatic rings. The van der Waals surface area contributed by atoms with Crippen LogP contribution in [0, 0.1) is 24.2 Å². The number of nitrogens with two attached hydrogens (primary N) is 1. The molecule has 1 saturated heterocycles. The molecule has 2 aromatic carbocycles. The summed E-state index contributed by atoms with van der Waals surface area (Å²) in [5.41, 5.74) is 7.76. The van der Waals surface area contributed by atoms with Gasteiger partial charge in [-0.25, -0.2) is 19.8 Å². The van der Waals surface area contributed by atoms with Crippen LogP contribution in [0.4, 0.5) is 27.9 Å². The van der Waals surface area contributed by atoms with Gasteiger partial charge >= 0.3 is 6.03 Å². The standard InChI is InChI=1S/C32H36Cl2N10O2/c1-19-29(42-30(37-2)39-23-9-6-14-43(18-23)32(46)40-22-7-4-3-5-8-22)44(24-12-10-21(11-13-24)28(36)45)31(38-19)41-27-25(33)15-20(17-35)16-26(27)34/h3-5,7-8,15-16,21,23-24H,2,6,9-14,18H2,1H3,(H2,36,45)(H,38,41)(H,39,42)(H,40,46)/t21?,23-,24?/m1/s1. The van der Waals surface area contributed by atoms with Crippen molar-refractivity contribution in [1.29, 1.82) is 5.26 Å². The quantitative estimate of drug-likeness (QED) is 0.167. The Hall–Kier alpha value is -4.60. The third kappa shape index (κ3) is 7.61. The van der Waals surface area contributed by atoms with Crippen molar-refractivity contribution in [2.45, 2.75) is 57.5 Å². The number of anilines is 4. The molecular weight excluding hydrogens is 627 g/mol. The van der Waals surface area contributed by atoms with E-state index >= 15 is 0 Å². The van der Waals surface area contributed by atoms with Gasteiger partial charge in [-0.3, -0.25) is 9.36 Å². The fourth-order valence-corrected chi connectivity index (χ4v) is 6.57. The fourth-order valence-electron chi connectivity index (χ4n) is 5.99. The van der Waals surface area contributed by atoms with Gasteiger partial charge in [-0.15, -0.1) is 0 Å². The number of para-hydroxylation sites is 1. The summed E-state index contributed by atoms with van der Waals surface area (Å²) in [7, 11) is 0. The molecular formula is C32H36Cl2N10O2. The highest BCUT2D eigenvalue weighted by atomic mass is 35.5. The van der Waals surface area contributed by atoms with Gasteiger partial charge in [0, 0.05) is 30.7 Å². The number of guanidine groups is 1. The summed E-state index contributed by atoms with van der Waals surface area (Å²) in [6, 6.07) is 14.0. The van der Waals surface area contributed by atoms with Gasteiger partial charge in [0.1, 0.15) is 5.82 Å². The van der Waals surface area contributed by atoms with Crippen molar-refractivity contribution in [1.82, 2.24) is 14.5 Å². The van der Waals surface area contributed by atoms with Crippen molar-refractivity contribution in [2.75, 3.05) is 29.0 Å². The van der Waals surface area contributed by atoms with Crippen LogP contribution in [0.25, 0.3) is 0 Å². The second-order valence-electron chi connectivity index (χ2n) is 11.5. The predicted molar refractivity (Wildman–Crippen MR) is 182 cm³/mol. The number of nitrogens with one attached hydrogen (secondary N) is 3. The van der Waals surface area contributed by atoms with E-state index in [9.17, 15) is 14.9 Å². The molecule has 5 rings (SSSR count). The molecule has 1 aliphatic carbocycles. The third-order valence-electron chi connectivity index (χ3n) is 8.35.